The van der Waals surface area contributed by atoms with E-state index in [1.807, 2.05) is 0 Å². The van der Waals surface area contributed by atoms with E-state index in [2.05, 4.69) is 21.2 Å². The number of anilines is 1. The molecule has 0 aliphatic carbocycles. The normalized spacial score (nSPS) is 12.0. The van der Waals surface area contributed by atoms with E-state index < -0.39 is 17.7 Å². The van der Waals surface area contributed by atoms with Gasteiger partial charge in [-0.2, -0.15) is 0 Å². The van der Waals surface area contributed by atoms with Crippen molar-refractivity contribution >= 4 is 27.5 Å². The third-order valence-corrected chi connectivity index (χ3v) is 3.54. The monoisotopic (exact) mass is 354 g/mol. The first-order valence-corrected chi connectivity index (χ1v) is 6.98. The minimum Gasteiger partial charge on any atom is -0.398 e. The molecule has 1 atom stereocenters. The van der Waals surface area contributed by atoms with Gasteiger partial charge in [-0.3, -0.25) is 4.79 Å². The lowest BCUT2D eigenvalue weighted by Crippen LogP contribution is -2.27. The maximum absolute atomic E-state index is 13.2. The Bertz CT molecular complexity index is 691. The molecule has 0 spiro atoms. The largest absolute Gasteiger partial charge is 0.398 e. The Balaban J connectivity index is 2.18. The van der Waals surface area contributed by atoms with Gasteiger partial charge in [-0.1, -0.05) is 22.0 Å². The first kappa shape index (κ1) is 15.4. The Morgan fingerprint density at radius 1 is 1.19 bits per heavy atom. The molecule has 3 N–H and O–H groups in total. The van der Waals surface area contributed by atoms with Gasteiger partial charge in [0.15, 0.2) is 11.6 Å². The van der Waals surface area contributed by atoms with Gasteiger partial charge in [0.2, 0.25) is 0 Å². The minimum atomic E-state index is -0.949. The number of benzene rings is 2. The van der Waals surface area contributed by atoms with Crippen molar-refractivity contribution in [3.8, 4) is 0 Å². The summed E-state index contributed by atoms with van der Waals surface area (Å²) in [5.41, 5.74) is 6.89. The SMILES string of the molecule is CC(NC(=O)c1cc(Br)ccc1N)c1ccc(F)c(F)c1. The van der Waals surface area contributed by atoms with Crippen molar-refractivity contribution in [1.82, 2.24) is 5.32 Å². The van der Waals surface area contributed by atoms with E-state index in [-0.39, 0.29) is 5.91 Å². The highest BCUT2D eigenvalue weighted by atomic mass is 79.9. The average Bonchev–Trinajstić information content (AvgIpc) is 2.44. The zero-order chi connectivity index (χ0) is 15.6. The zero-order valence-electron chi connectivity index (χ0n) is 11.2. The molecule has 3 nitrogen and oxygen atoms in total. The van der Waals surface area contributed by atoms with Crippen molar-refractivity contribution in [2.75, 3.05) is 5.73 Å². The fourth-order valence-electron chi connectivity index (χ4n) is 1.86. The lowest BCUT2D eigenvalue weighted by Gasteiger charge is -2.15. The summed E-state index contributed by atoms with van der Waals surface area (Å²) in [6, 6.07) is 7.97. The second-order valence-corrected chi connectivity index (χ2v) is 5.52. The zero-order valence-corrected chi connectivity index (χ0v) is 12.7. The number of nitrogen functional groups attached to an aromatic ring is 1. The number of hydrogen-bond donors (Lipinski definition) is 2. The molecule has 110 valence electrons. The minimum absolute atomic E-state index is 0.318. The van der Waals surface area contributed by atoms with E-state index in [1.165, 1.54) is 6.07 Å². The maximum atomic E-state index is 13.2. The van der Waals surface area contributed by atoms with Gasteiger partial charge in [0.05, 0.1) is 11.6 Å². The Labute approximate surface area is 129 Å². The van der Waals surface area contributed by atoms with Crippen molar-refractivity contribution in [2.24, 2.45) is 0 Å². The highest BCUT2D eigenvalue weighted by molar-refractivity contribution is 9.10. The molecule has 0 fully saturated rings. The topological polar surface area (TPSA) is 55.1 Å². The van der Waals surface area contributed by atoms with Crippen LogP contribution in [0.1, 0.15) is 28.9 Å². The summed E-state index contributed by atoms with van der Waals surface area (Å²) in [5, 5.41) is 2.70. The van der Waals surface area contributed by atoms with E-state index in [4.69, 9.17) is 5.73 Å². The van der Waals surface area contributed by atoms with Crippen molar-refractivity contribution in [3.63, 3.8) is 0 Å². The Morgan fingerprint density at radius 2 is 1.90 bits per heavy atom. The quantitative estimate of drug-likeness (QED) is 0.823. The highest BCUT2D eigenvalue weighted by Crippen LogP contribution is 2.21. The predicted octanol–water partition coefficient (Wildman–Crippen LogP) is 3.80. The second-order valence-electron chi connectivity index (χ2n) is 4.60. The van der Waals surface area contributed by atoms with E-state index in [9.17, 15) is 13.6 Å². The van der Waals surface area contributed by atoms with Crippen molar-refractivity contribution < 1.29 is 13.6 Å². The van der Waals surface area contributed by atoms with Crippen molar-refractivity contribution in [2.45, 2.75) is 13.0 Å². The first-order valence-electron chi connectivity index (χ1n) is 6.19. The van der Waals surface area contributed by atoms with Gasteiger partial charge in [-0.05, 0) is 42.8 Å². The summed E-state index contributed by atoms with van der Waals surface area (Å²) in [6.07, 6.45) is 0. The second kappa shape index (κ2) is 6.22. The van der Waals surface area contributed by atoms with Crippen LogP contribution in [0.4, 0.5) is 14.5 Å². The molecule has 1 unspecified atom stereocenters. The molecule has 2 aromatic carbocycles. The van der Waals surface area contributed by atoms with Gasteiger partial charge in [-0.15, -0.1) is 0 Å². The van der Waals surface area contributed by atoms with Crippen LogP contribution in [-0.4, -0.2) is 5.91 Å². The molecule has 1 amide bonds. The molecule has 0 heterocycles. The summed E-state index contributed by atoms with van der Waals surface area (Å²) < 4.78 is 26.8. The average molecular weight is 355 g/mol. The molecule has 2 rings (SSSR count). The van der Waals surface area contributed by atoms with E-state index >= 15 is 0 Å². The third kappa shape index (κ3) is 3.58. The van der Waals surface area contributed by atoms with Crippen molar-refractivity contribution in [3.05, 3.63) is 63.6 Å². The van der Waals surface area contributed by atoms with Crippen LogP contribution in [0.5, 0.6) is 0 Å². The summed E-state index contributed by atoms with van der Waals surface area (Å²) in [5.74, 6) is -2.25. The van der Waals surface area contributed by atoms with Gasteiger partial charge in [0, 0.05) is 10.2 Å². The fraction of sp³-hybridized carbons (Fsp3) is 0.133. The Hall–Kier alpha value is -1.95. The first-order chi connectivity index (χ1) is 9.88. The molecule has 21 heavy (non-hydrogen) atoms. The third-order valence-electron chi connectivity index (χ3n) is 3.05. The Morgan fingerprint density at radius 3 is 2.57 bits per heavy atom. The number of nitrogens with one attached hydrogen (secondary N) is 1. The lowest BCUT2D eigenvalue weighted by atomic mass is 10.1. The Kier molecular flexibility index (Phi) is 4.57. The molecular formula is C15H13BrF2N2O. The molecule has 0 saturated carbocycles. The van der Waals surface area contributed by atoms with Gasteiger partial charge >= 0.3 is 0 Å². The van der Waals surface area contributed by atoms with Gasteiger partial charge in [-0.25, -0.2) is 8.78 Å². The van der Waals surface area contributed by atoms with Crippen LogP contribution >= 0.6 is 15.9 Å². The number of nitrogens with two attached hydrogens (primary N) is 1. The number of amides is 1. The number of carbonyl (C=O) groups is 1. The summed E-state index contributed by atoms with van der Waals surface area (Å²) in [6.45, 7) is 1.68. The highest BCUT2D eigenvalue weighted by Gasteiger charge is 2.15. The van der Waals surface area contributed by atoms with E-state index in [1.54, 1.807) is 25.1 Å². The smallest absolute Gasteiger partial charge is 0.253 e. The summed E-state index contributed by atoms with van der Waals surface area (Å²) >= 11 is 3.27. The summed E-state index contributed by atoms with van der Waals surface area (Å²) in [4.78, 5) is 12.2. The molecule has 2 aromatic rings. The van der Waals surface area contributed by atoms with Crippen LogP contribution in [0.15, 0.2) is 40.9 Å². The van der Waals surface area contributed by atoms with Gasteiger partial charge in [0.25, 0.3) is 5.91 Å². The lowest BCUT2D eigenvalue weighted by molar-refractivity contribution is 0.0940. The van der Waals surface area contributed by atoms with Crippen LogP contribution in [0.2, 0.25) is 0 Å². The fourth-order valence-corrected chi connectivity index (χ4v) is 2.23. The number of carbonyl (C=O) groups excluding carboxylic acids is 1. The van der Waals surface area contributed by atoms with Crippen LogP contribution in [0, 0.1) is 11.6 Å². The van der Waals surface area contributed by atoms with Crippen molar-refractivity contribution in [1.29, 1.82) is 0 Å². The number of rotatable bonds is 3. The van der Waals surface area contributed by atoms with Crippen LogP contribution in [0.25, 0.3) is 0 Å². The predicted molar refractivity (Wildman–Crippen MR) is 80.8 cm³/mol. The van der Waals surface area contributed by atoms with Gasteiger partial charge < -0.3 is 11.1 Å². The molecule has 0 saturated heterocycles. The molecule has 0 aromatic heterocycles. The number of halogens is 3. The molecule has 0 aliphatic rings. The molecule has 6 heteroatoms. The van der Waals surface area contributed by atoms with Crippen LogP contribution < -0.4 is 11.1 Å². The summed E-state index contributed by atoms with van der Waals surface area (Å²) in [7, 11) is 0. The maximum Gasteiger partial charge on any atom is 0.253 e. The number of hydrogen-bond acceptors (Lipinski definition) is 2. The molecule has 0 bridgehead atoms. The van der Waals surface area contributed by atoms with Gasteiger partial charge in [0.1, 0.15) is 0 Å². The van der Waals surface area contributed by atoms with Crippen LogP contribution in [-0.2, 0) is 0 Å². The van der Waals surface area contributed by atoms with Crippen LogP contribution in [0.3, 0.4) is 0 Å². The molecule has 0 aliphatic heterocycles. The molecular weight excluding hydrogens is 342 g/mol. The molecule has 0 radical (unpaired) electrons. The van der Waals surface area contributed by atoms with E-state index in [0.29, 0.717) is 16.8 Å². The van der Waals surface area contributed by atoms with E-state index in [0.717, 1.165) is 16.6 Å². The standard InChI is InChI=1S/C15H13BrF2N2O/c1-8(9-2-4-12(17)13(18)6-9)20-15(21)11-7-10(16)3-5-14(11)19/h2-8H,19H2,1H3,(H,20,21).